The summed E-state index contributed by atoms with van der Waals surface area (Å²) in [6, 6.07) is 13.4. The van der Waals surface area contributed by atoms with Gasteiger partial charge in [-0.2, -0.15) is 0 Å². The number of benzene rings is 2. The number of halogens is 1. The van der Waals surface area contributed by atoms with Crippen LogP contribution in [0.5, 0.6) is 0 Å². The Morgan fingerprint density at radius 2 is 1.75 bits per heavy atom. The third-order valence-corrected chi connectivity index (χ3v) is 3.26. The Morgan fingerprint density at radius 3 is 2.40 bits per heavy atom. The Labute approximate surface area is 124 Å². The van der Waals surface area contributed by atoms with E-state index in [1.165, 1.54) is 12.1 Å². The third-order valence-electron chi connectivity index (χ3n) is 2.73. The van der Waals surface area contributed by atoms with Crippen LogP contribution in [0.3, 0.4) is 0 Å². The van der Waals surface area contributed by atoms with Crippen LogP contribution in [0, 0.1) is 0 Å². The molecule has 2 rings (SSSR count). The van der Waals surface area contributed by atoms with E-state index in [1.54, 1.807) is 36.4 Å². The first-order valence-corrected chi connectivity index (χ1v) is 6.71. The first-order chi connectivity index (χ1) is 9.56. The first-order valence-electron chi connectivity index (χ1n) is 5.92. The van der Waals surface area contributed by atoms with Gasteiger partial charge in [-0.3, -0.25) is 4.79 Å². The van der Waals surface area contributed by atoms with Gasteiger partial charge in [-0.25, -0.2) is 4.79 Å². The third kappa shape index (κ3) is 3.68. The van der Waals surface area contributed by atoms with Crippen molar-refractivity contribution >= 4 is 33.4 Å². The Morgan fingerprint density at radius 1 is 1.05 bits per heavy atom. The zero-order chi connectivity index (χ0) is 14.5. The molecule has 0 unspecified atom stereocenters. The van der Waals surface area contributed by atoms with Gasteiger partial charge in [0.05, 0.1) is 12.1 Å². The summed E-state index contributed by atoms with van der Waals surface area (Å²) in [5, 5.41) is 11.8. The smallest absolute Gasteiger partial charge is 0.335 e. The lowest BCUT2D eigenvalue weighted by atomic mass is 10.1. The second-order valence-electron chi connectivity index (χ2n) is 4.17. The molecule has 20 heavy (non-hydrogen) atoms. The second-order valence-corrected chi connectivity index (χ2v) is 5.09. The van der Waals surface area contributed by atoms with E-state index in [0.29, 0.717) is 11.3 Å². The van der Waals surface area contributed by atoms with E-state index in [-0.39, 0.29) is 17.9 Å². The summed E-state index contributed by atoms with van der Waals surface area (Å²) in [5.74, 6) is -1.05. The molecule has 0 atom stereocenters. The van der Waals surface area contributed by atoms with Crippen molar-refractivity contribution in [2.24, 2.45) is 0 Å². The fourth-order valence-electron chi connectivity index (χ4n) is 1.68. The number of carbonyl (C=O) groups is 2. The van der Waals surface area contributed by atoms with Gasteiger partial charge in [0.2, 0.25) is 0 Å². The van der Waals surface area contributed by atoms with Crippen molar-refractivity contribution in [1.29, 1.82) is 0 Å². The number of hydrogen-bond donors (Lipinski definition) is 2. The summed E-state index contributed by atoms with van der Waals surface area (Å²) in [5.41, 5.74) is 1.40. The van der Waals surface area contributed by atoms with Crippen molar-refractivity contribution in [3.8, 4) is 0 Å². The molecule has 0 heterocycles. The number of aromatic carboxylic acids is 1. The molecule has 0 saturated carbocycles. The number of carboxylic acid groups (broad SMARTS) is 1. The fourth-order valence-corrected chi connectivity index (χ4v) is 1.95. The molecule has 0 radical (unpaired) electrons. The van der Waals surface area contributed by atoms with Crippen LogP contribution in [-0.2, 0) is 0 Å². The average molecular weight is 334 g/mol. The van der Waals surface area contributed by atoms with Crippen LogP contribution in [0.15, 0.2) is 53.0 Å². The molecule has 102 valence electrons. The predicted molar refractivity (Wildman–Crippen MR) is 80.4 cm³/mol. The molecule has 0 saturated heterocycles. The van der Waals surface area contributed by atoms with E-state index < -0.39 is 5.97 Å². The minimum atomic E-state index is -0.993. The number of nitrogens with one attached hydrogen (secondary N) is 1. The van der Waals surface area contributed by atoms with Gasteiger partial charge < -0.3 is 10.4 Å². The first kappa shape index (κ1) is 14.3. The fraction of sp³-hybridized carbons (Fsp3) is 0.0667. The number of Topliss-reactive ketones (excluding diaryl/α,β-unsaturated/α-hetero) is 1. The lowest BCUT2D eigenvalue weighted by Crippen LogP contribution is -2.14. The maximum atomic E-state index is 12.0. The van der Waals surface area contributed by atoms with Gasteiger partial charge in [0, 0.05) is 15.7 Å². The normalized spacial score (nSPS) is 10.1. The molecule has 2 N–H and O–H groups in total. The highest BCUT2D eigenvalue weighted by Gasteiger charge is 2.07. The molecule has 0 aliphatic heterocycles. The van der Waals surface area contributed by atoms with E-state index in [4.69, 9.17) is 5.11 Å². The van der Waals surface area contributed by atoms with Crippen molar-refractivity contribution in [1.82, 2.24) is 0 Å². The van der Waals surface area contributed by atoms with E-state index in [9.17, 15) is 9.59 Å². The summed E-state index contributed by atoms with van der Waals surface area (Å²) in [7, 11) is 0. The minimum Gasteiger partial charge on any atom is -0.478 e. The summed E-state index contributed by atoms with van der Waals surface area (Å²) in [4.78, 5) is 22.8. The lowest BCUT2D eigenvalue weighted by molar-refractivity contribution is 0.0696. The van der Waals surface area contributed by atoms with Crippen LogP contribution in [0.1, 0.15) is 20.7 Å². The summed E-state index contributed by atoms with van der Waals surface area (Å²) in [6.07, 6.45) is 0. The molecular formula is C15H12BrNO3. The molecule has 0 aliphatic carbocycles. The van der Waals surface area contributed by atoms with Gasteiger partial charge in [-0.05, 0) is 30.3 Å². The van der Waals surface area contributed by atoms with Crippen molar-refractivity contribution in [3.05, 3.63) is 64.1 Å². The van der Waals surface area contributed by atoms with Gasteiger partial charge >= 0.3 is 5.97 Å². The van der Waals surface area contributed by atoms with Crippen LogP contribution in [0.4, 0.5) is 5.69 Å². The standard InChI is InChI=1S/C15H12BrNO3/c16-12-6-4-10(5-7-12)14(18)9-17-13-3-1-2-11(8-13)15(19)20/h1-8,17H,9H2,(H,19,20). The highest BCUT2D eigenvalue weighted by Crippen LogP contribution is 2.13. The maximum absolute atomic E-state index is 12.0. The maximum Gasteiger partial charge on any atom is 0.335 e. The summed E-state index contributed by atoms with van der Waals surface area (Å²) < 4.78 is 0.913. The van der Waals surface area contributed by atoms with Crippen LogP contribution in [0.2, 0.25) is 0 Å². The topological polar surface area (TPSA) is 66.4 Å². The zero-order valence-electron chi connectivity index (χ0n) is 10.5. The van der Waals surface area contributed by atoms with Crippen LogP contribution in [0.25, 0.3) is 0 Å². The van der Waals surface area contributed by atoms with E-state index in [0.717, 1.165) is 4.47 Å². The Hall–Kier alpha value is -2.14. The molecule has 4 nitrogen and oxygen atoms in total. The van der Waals surface area contributed by atoms with Crippen LogP contribution < -0.4 is 5.32 Å². The molecule has 0 aliphatic rings. The zero-order valence-corrected chi connectivity index (χ0v) is 12.1. The molecule has 5 heteroatoms. The minimum absolute atomic E-state index is 0.0572. The van der Waals surface area contributed by atoms with Gasteiger partial charge in [0.15, 0.2) is 5.78 Å². The molecule has 2 aromatic rings. The van der Waals surface area contributed by atoms with E-state index in [1.807, 2.05) is 0 Å². The molecular weight excluding hydrogens is 322 g/mol. The van der Waals surface area contributed by atoms with Crippen molar-refractivity contribution < 1.29 is 14.7 Å². The molecule has 0 amide bonds. The Balaban J connectivity index is 2.01. The van der Waals surface area contributed by atoms with Gasteiger partial charge in [0.25, 0.3) is 0 Å². The van der Waals surface area contributed by atoms with Crippen molar-refractivity contribution in [3.63, 3.8) is 0 Å². The van der Waals surface area contributed by atoms with E-state index >= 15 is 0 Å². The number of carbonyl (C=O) groups excluding carboxylic acids is 1. The number of anilines is 1. The quantitative estimate of drug-likeness (QED) is 0.822. The predicted octanol–water partition coefficient (Wildman–Crippen LogP) is 3.44. The van der Waals surface area contributed by atoms with Gasteiger partial charge in [-0.1, -0.05) is 34.1 Å². The highest BCUT2D eigenvalue weighted by atomic mass is 79.9. The van der Waals surface area contributed by atoms with Gasteiger partial charge in [0.1, 0.15) is 0 Å². The van der Waals surface area contributed by atoms with Crippen molar-refractivity contribution in [2.45, 2.75) is 0 Å². The monoisotopic (exact) mass is 333 g/mol. The Bertz CT molecular complexity index is 638. The highest BCUT2D eigenvalue weighted by molar-refractivity contribution is 9.10. The SMILES string of the molecule is O=C(O)c1cccc(NCC(=O)c2ccc(Br)cc2)c1. The Kier molecular flexibility index (Phi) is 4.53. The summed E-state index contributed by atoms with van der Waals surface area (Å²) >= 11 is 3.31. The van der Waals surface area contributed by atoms with Gasteiger partial charge in [-0.15, -0.1) is 0 Å². The van der Waals surface area contributed by atoms with Crippen molar-refractivity contribution in [2.75, 3.05) is 11.9 Å². The van der Waals surface area contributed by atoms with Crippen LogP contribution in [-0.4, -0.2) is 23.4 Å². The molecule has 0 aromatic heterocycles. The largest absolute Gasteiger partial charge is 0.478 e. The number of carboxylic acids is 1. The van der Waals surface area contributed by atoms with E-state index in [2.05, 4.69) is 21.2 Å². The second kappa shape index (κ2) is 6.34. The molecule has 0 spiro atoms. The number of hydrogen-bond acceptors (Lipinski definition) is 3. The lowest BCUT2D eigenvalue weighted by Gasteiger charge is -2.06. The molecule has 2 aromatic carbocycles. The molecule has 0 fully saturated rings. The van der Waals surface area contributed by atoms with Crippen LogP contribution >= 0.6 is 15.9 Å². The molecule has 0 bridgehead atoms. The average Bonchev–Trinajstić information content (AvgIpc) is 2.46. The summed E-state index contributed by atoms with van der Waals surface area (Å²) in [6.45, 7) is 0.116. The number of ketones is 1. The number of rotatable bonds is 5.